The van der Waals surface area contributed by atoms with Gasteiger partial charge in [0.1, 0.15) is 0 Å². The van der Waals surface area contributed by atoms with Gasteiger partial charge in [-0.1, -0.05) is 30.3 Å². The Morgan fingerprint density at radius 2 is 1.61 bits per heavy atom. The van der Waals surface area contributed by atoms with E-state index >= 15 is 0 Å². The van der Waals surface area contributed by atoms with Crippen molar-refractivity contribution in [2.45, 2.75) is 20.8 Å². The van der Waals surface area contributed by atoms with Gasteiger partial charge in [0, 0.05) is 36.5 Å². The van der Waals surface area contributed by atoms with Crippen LogP contribution in [0.25, 0.3) is 42.0 Å². The number of hydrogen-bond donors (Lipinski definition) is 1. The highest BCUT2D eigenvalue weighted by Crippen LogP contribution is 2.45. The second-order valence-corrected chi connectivity index (χ2v) is 7.48. The molecule has 0 aliphatic heterocycles. The second kappa shape index (κ2) is 4.36. The Morgan fingerprint density at radius 3 is 2.48 bits per heavy atom. The van der Waals surface area contributed by atoms with Crippen LogP contribution in [0.15, 0.2) is 42.5 Å². The second-order valence-electron chi connectivity index (χ2n) is 6.42. The molecule has 0 saturated heterocycles. The van der Waals surface area contributed by atoms with Gasteiger partial charge in [0.15, 0.2) is 0 Å². The van der Waals surface area contributed by atoms with Crippen LogP contribution in [0.4, 0.5) is 0 Å². The maximum Gasteiger partial charge on any atom is 0.0504 e. The zero-order valence-electron chi connectivity index (χ0n) is 13.4. The third-order valence-corrected chi connectivity index (χ3v) is 6.43. The van der Waals surface area contributed by atoms with Crippen molar-refractivity contribution in [3.63, 3.8) is 0 Å². The molecule has 5 rings (SSSR count). The van der Waals surface area contributed by atoms with Gasteiger partial charge in [-0.3, -0.25) is 0 Å². The SMILES string of the molecule is Cc1c(C)c2sc3cccc(C)c3c2c2c1[nH]c1ccccc12. The van der Waals surface area contributed by atoms with Gasteiger partial charge in [-0.05, 0) is 49.6 Å². The van der Waals surface area contributed by atoms with Crippen LogP contribution in [0, 0.1) is 20.8 Å². The summed E-state index contributed by atoms with van der Waals surface area (Å²) in [6, 6.07) is 15.3. The number of nitrogens with one attached hydrogen (secondary N) is 1. The zero-order valence-corrected chi connectivity index (χ0v) is 14.3. The summed E-state index contributed by atoms with van der Waals surface area (Å²) in [6.45, 7) is 6.72. The molecule has 2 heteroatoms. The lowest BCUT2D eigenvalue weighted by molar-refractivity contribution is 1.39. The average molecular weight is 315 g/mol. The van der Waals surface area contributed by atoms with E-state index in [4.69, 9.17) is 0 Å². The topological polar surface area (TPSA) is 15.8 Å². The molecule has 0 spiro atoms. The van der Waals surface area contributed by atoms with Gasteiger partial charge in [-0.25, -0.2) is 0 Å². The van der Waals surface area contributed by atoms with Crippen LogP contribution in [-0.2, 0) is 0 Å². The number of para-hydroxylation sites is 1. The van der Waals surface area contributed by atoms with Gasteiger partial charge in [0.2, 0.25) is 0 Å². The smallest absolute Gasteiger partial charge is 0.0504 e. The van der Waals surface area contributed by atoms with E-state index in [2.05, 4.69) is 68.2 Å². The zero-order chi connectivity index (χ0) is 15.7. The van der Waals surface area contributed by atoms with Crippen molar-refractivity contribution in [2.75, 3.05) is 0 Å². The molecule has 0 aliphatic rings. The molecular weight excluding hydrogens is 298 g/mol. The van der Waals surface area contributed by atoms with E-state index in [1.807, 2.05) is 11.3 Å². The predicted molar refractivity (Wildman–Crippen MR) is 103 cm³/mol. The Bertz CT molecular complexity index is 1240. The molecule has 0 fully saturated rings. The lowest BCUT2D eigenvalue weighted by Crippen LogP contribution is -1.85. The number of aromatic nitrogens is 1. The van der Waals surface area contributed by atoms with Gasteiger partial charge in [0.25, 0.3) is 0 Å². The average Bonchev–Trinajstić information content (AvgIpc) is 3.11. The van der Waals surface area contributed by atoms with Gasteiger partial charge in [-0.15, -0.1) is 11.3 Å². The number of H-pyrrole nitrogens is 1. The van der Waals surface area contributed by atoms with Crippen molar-refractivity contribution in [3.05, 3.63) is 59.2 Å². The molecule has 2 aromatic heterocycles. The molecule has 0 saturated carbocycles. The van der Waals surface area contributed by atoms with Crippen molar-refractivity contribution in [1.29, 1.82) is 0 Å². The summed E-state index contributed by atoms with van der Waals surface area (Å²) in [6.07, 6.45) is 0. The first-order valence-corrected chi connectivity index (χ1v) is 8.80. The van der Waals surface area contributed by atoms with Crippen LogP contribution in [0.2, 0.25) is 0 Å². The molecule has 112 valence electrons. The quantitative estimate of drug-likeness (QED) is 0.331. The molecule has 0 atom stereocenters. The maximum atomic E-state index is 3.66. The lowest BCUT2D eigenvalue weighted by Gasteiger charge is -2.06. The Kier molecular flexibility index (Phi) is 2.49. The highest BCUT2D eigenvalue weighted by Gasteiger charge is 2.18. The summed E-state index contributed by atoms with van der Waals surface area (Å²) in [7, 11) is 0. The molecular formula is C21H17NS. The Balaban J connectivity index is 2.24. The summed E-state index contributed by atoms with van der Waals surface area (Å²) < 4.78 is 2.82. The van der Waals surface area contributed by atoms with E-state index in [1.54, 1.807) is 0 Å². The Labute approximate surface area is 138 Å². The minimum Gasteiger partial charge on any atom is -0.354 e. The molecule has 0 bridgehead atoms. The fourth-order valence-electron chi connectivity index (χ4n) is 3.86. The van der Waals surface area contributed by atoms with Crippen LogP contribution in [0.5, 0.6) is 0 Å². The third-order valence-electron chi connectivity index (χ3n) is 5.16. The van der Waals surface area contributed by atoms with E-state index in [0.29, 0.717) is 0 Å². The molecule has 0 radical (unpaired) electrons. The Hall–Kier alpha value is -2.32. The first kappa shape index (κ1) is 13.1. The summed E-state index contributed by atoms with van der Waals surface area (Å²) in [5, 5.41) is 5.57. The van der Waals surface area contributed by atoms with E-state index < -0.39 is 0 Å². The largest absolute Gasteiger partial charge is 0.354 e. The molecule has 3 aromatic carbocycles. The van der Waals surface area contributed by atoms with Gasteiger partial charge >= 0.3 is 0 Å². The molecule has 5 aromatic rings. The number of benzene rings is 3. The Morgan fingerprint density at radius 1 is 0.783 bits per heavy atom. The fourth-order valence-corrected chi connectivity index (χ4v) is 5.21. The summed E-state index contributed by atoms with van der Waals surface area (Å²) in [5.74, 6) is 0. The van der Waals surface area contributed by atoms with Crippen LogP contribution in [0.1, 0.15) is 16.7 Å². The number of hydrogen-bond acceptors (Lipinski definition) is 1. The fraction of sp³-hybridized carbons (Fsp3) is 0.143. The van der Waals surface area contributed by atoms with Gasteiger partial charge in [-0.2, -0.15) is 0 Å². The molecule has 1 nitrogen and oxygen atoms in total. The molecule has 23 heavy (non-hydrogen) atoms. The summed E-state index contributed by atoms with van der Waals surface area (Å²) in [5.41, 5.74) is 6.65. The van der Waals surface area contributed by atoms with Gasteiger partial charge in [0.05, 0.1) is 5.52 Å². The van der Waals surface area contributed by atoms with Crippen molar-refractivity contribution in [3.8, 4) is 0 Å². The van der Waals surface area contributed by atoms with Crippen LogP contribution in [-0.4, -0.2) is 4.98 Å². The molecule has 0 amide bonds. The van der Waals surface area contributed by atoms with E-state index in [-0.39, 0.29) is 0 Å². The van der Waals surface area contributed by atoms with E-state index in [9.17, 15) is 0 Å². The third kappa shape index (κ3) is 1.57. The van der Waals surface area contributed by atoms with Crippen molar-refractivity contribution >= 4 is 53.3 Å². The highest BCUT2D eigenvalue weighted by atomic mass is 32.1. The maximum absolute atomic E-state index is 3.66. The van der Waals surface area contributed by atoms with Crippen molar-refractivity contribution in [1.82, 2.24) is 4.98 Å². The predicted octanol–water partition coefficient (Wildman–Crippen LogP) is 6.61. The number of aryl methyl sites for hydroxylation is 3. The standard InChI is InChI=1S/C21H17NS/c1-11-7-6-10-16-17(11)19-18-14-8-4-5-9-15(14)22-20(18)12(2)13(3)21(19)23-16/h4-10,22H,1-3H3. The van der Waals surface area contributed by atoms with Crippen LogP contribution < -0.4 is 0 Å². The molecule has 2 heterocycles. The molecule has 1 N–H and O–H groups in total. The molecule has 0 unspecified atom stereocenters. The minimum absolute atomic E-state index is 1.23. The summed E-state index contributed by atoms with van der Waals surface area (Å²) in [4.78, 5) is 3.66. The van der Waals surface area contributed by atoms with E-state index in [0.717, 1.165) is 0 Å². The highest BCUT2D eigenvalue weighted by molar-refractivity contribution is 7.26. The number of aromatic amines is 1. The number of rotatable bonds is 0. The first-order chi connectivity index (χ1) is 11.2. The van der Waals surface area contributed by atoms with Crippen LogP contribution in [0.3, 0.4) is 0 Å². The lowest BCUT2D eigenvalue weighted by atomic mass is 9.97. The monoisotopic (exact) mass is 315 g/mol. The van der Waals surface area contributed by atoms with Crippen molar-refractivity contribution < 1.29 is 0 Å². The first-order valence-electron chi connectivity index (χ1n) is 7.98. The summed E-state index contributed by atoms with van der Waals surface area (Å²) >= 11 is 1.93. The van der Waals surface area contributed by atoms with Crippen molar-refractivity contribution in [2.24, 2.45) is 0 Å². The normalized spacial score (nSPS) is 12.1. The number of thiophene rings is 1. The number of fused-ring (bicyclic) bond motifs is 7. The minimum atomic E-state index is 1.23. The van der Waals surface area contributed by atoms with Gasteiger partial charge < -0.3 is 4.98 Å². The van der Waals surface area contributed by atoms with Crippen LogP contribution >= 0.6 is 11.3 Å². The van der Waals surface area contributed by atoms with E-state index in [1.165, 1.54) is 58.7 Å². The molecule has 0 aliphatic carbocycles.